The maximum atomic E-state index is 12.9. The number of nitrogens with zero attached hydrogens (tertiary/aromatic N) is 1. The molecule has 0 aromatic heterocycles. The number of sulfonamides is 1. The largest absolute Gasteiger partial charge is 0.480 e. The quantitative estimate of drug-likeness (QED) is 0.813. The van der Waals surface area contributed by atoms with Crippen LogP contribution < -0.4 is 9.62 Å². The van der Waals surface area contributed by atoms with Gasteiger partial charge in [0.05, 0.1) is 17.0 Å². The van der Waals surface area contributed by atoms with Gasteiger partial charge in [-0.05, 0) is 41.7 Å². The number of hydrogen-bond donors (Lipinski definition) is 2. The molecule has 0 aliphatic carbocycles. The number of benzene rings is 2. The molecule has 2 aromatic carbocycles. The molecule has 0 saturated heterocycles. The fourth-order valence-electron chi connectivity index (χ4n) is 3.73. The zero-order valence-corrected chi connectivity index (χ0v) is 15.2. The summed E-state index contributed by atoms with van der Waals surface area (Å²) in [5.41, 5.74) is 2.67. The van der Waals surface area contributed by atoms with Crippen LogP contribution in [0.4, 0.5) is 5.69 Å². The molecule has 27 heavy (non-hydrogen) atoms. The van der Waals surface area contributed by atoms with Gasteiger partial charge in [-0.15, -0.1) is 0 Å². The summed E-state index contributed by atoms with van der Waals surface area (Å²) in [5, 5.41) is 9.49. The number of aliphatic carboxylic acids is 1. The molecule has 2 aliphatic heterocycles. The number of anilines is 1. The number of carboxylic acid groups (broad SMARTS) is 1. The van der Waals surface area contributed by atoms with Crippen LogP contribution in [0.3, 0.4) is 0 Å². The van der Waals surface area contributed by atoms with Gasteiger partial charge < -0.3 is 10.0 Å². The number of nitrogens with one attached hydrogen (secondary N) is 1. The Morgan fingerprint density at radius 3 is 2.56 bits per heavy atom. The molecule has 0 unspecified atom stereocenters. The van der Waals surface area contributed by atoms with Crippen LogP contribution in [0.5, 0.6) is 0 Å². The number of carbonyl (C=O) groups excluding carboxylic acids is 1. The van der Waals surface area contributed by atoms with Crippen molar-refractivity contribution in [2.24, 2.45) is 0 Å². The second-order valence-electron chi connectivity index (χ2n) is 6.72. The first-order chi connectivity index (χ1) is 12.9. The second kappa shape index (κ2) is 6.47. The Labute approximate surface area is 156 Å². The van der Waals surface area contributed by atoms with E-state index in [1.165, 1.54) is 6.07 Å². The van der Waals surface area contributed by atoms with E-state index < -0.39 is 22.0 Å². The monoisotopic (exact) mass is 386 g/mol. The number of amides is 1. The van der Waals surface area contributed by atoms with Crippen molar-refractivity contribution >= 4 is 27.6 Å². The number of hydrogen-bond acceptors (Lipinski definition) is 4. The molecule has 2 N–H and O–H groups in total. The van der Waals surface area contributed by atoms with E-state index in [1.807, 2.05) is 0 Å². The van der Waals surface area contributed by atoms with Crippen LogP contribution in [0.15, 0.2) is 47.4 Å². The maximum absolute atomic E-state index is 12.9. The molecule has 2 heterocycles. The molecule has 8 heteroatoms. The number of carboxylic acids is 1. The van der Waals surface area contributed by atoms with Crippen LogP contribution in [-0.2, 0) is 32.5 Å². The zero-order chi connectivity index (χ0) is 19.2. The van der Waals surface area contributed by atoms with E-state index in [9.17, 15) is 23.1 Å². The van der Waals surface area contributed by atoms with Crippen molar-refractivity contribution in [3.05, 3.63) is 59.2 Å². The van der Waals surface area contributed by atoms with Crippen molar-refractivity contribution in [2.75, 3.05) is 11.4 Å². The minimum Gasteiger partial charge on any atom is -0.480 e. The van der Waals surface area contributed by atoms with Gasteiger partial charge in [0, 0.05) is 6.54 Å². The van der Waals surface area contributed by atoms with Gasteiger partial charge >= 0.3 is 5.97 Å². The number of carbonyl (C=O) groups is 2. The topological polar surface area (TPSA) is 104 Å². The molecule has 0 fully saturated rings. The van der Waals surface area contributed by atoms with Crippen LogP contribution in [0.25, 0.3) is 0 Å². The van der Waals surface area contributed by atoms with Gasteiger partial charge in [0.1, 0.15) is 6.04 Å². The summed E-state index contributed by atoms with van der Waals surface area (Å²) in [5.74, 6) is -1.31. The molecule has 0 spiro atoms. The molecule has 4 rings (SSSR count). The fraction of sp³-hybridized carbons (Fsp3) is 0.263. The molecule has 0 bridgehead atoms. The van der Waals surface area contributed by atoms with Crippen molar-refractivity contribution in [1.29, 1.82) is 0 Å². The summed E-state index contributed by atoms with van der Waals surface area (Å²) in [6.07, 6.45) is 1.64. The first-order valence-corrected chi connectivity index (χ1v) is 10.1. The van der Waals surface area contributed by atoms with Gasteiger partial charge in [0.25, 0.3) is 0 Å². The Kier molecular flexibility index (Phi) is 4.24. The first kappa shape index (κ1) is 17.7. The highest BCUT2D eigenvalue weighted by molar-refractivity contribution is 7.89. The lowest BCUT2D eigenvalue weighted by Crippen LogP contribution is -2.34. The third kappa shape index (κ3) is 3.11. The van der Waals surface area contributed by atoms with Gasteiger partial charge in [-0.25, -0.2) is 8.42 Å². The lowest BCUT2D eigenvalue weighted by Gasteiger charge is -2.26. The molecule has 140 valence electrons. The van der Waals surface area contributed by atoms with Crippen molar-refractivity contribution in [3.63, 3.8) is 0 Å². The predicted molar refractivity (Wildman–Crippen MR) is 98.0 cm³/mol. The third-order valence-corrected chi connectivity index (χ3v) is 6.35. The van der Waals surface area contributed by atoms with Crippen molar-refractivity contribution < 1.29 is 23.1 Å². The van der Waals surface area contributed by atoms with Crippen LogP contribution in [0.1, 0.15) is 29.2 Å². The van der Waals surface area contributed by atoms with Gasteiger partial charge in [-0.1, -0.05) is 30.3 Å². The Balaban J connectivity index is 1.72. The highest BCUT2D eigenvalue weighted by atomic mass is 32.2. The summed E-state index contributed by atoms with van der Waals surface area (Å²) in [6.45, 7) is 0.651. The van der Waals surface area contributed by atoms with E-state index in [1.54, 1.807) is 41.3 Å². The molecule has 0 saturated carbocycles. The molecule has 1 amide bonds. The summed E-state index contributed by atoms with van der Waals surface area (Å²) in [6, 6.07) is 9.79. The predicted octanol–water partition coefficient (Wildman–Crippen LogP) is 1.63. The summed E-state index contributed by atoms with van der Waals surface area (Å²) >= 11 is 0. The highest BCUT2D eigenvalue weighted by Crippen LogP contribution is 2.38. The first-order valence-electron chi connectivity index (χ1n) is 8.63. The number of rotatable bonds is 5. The minimum absolute atomic E-state index is 0.00465. The minimum atomic E-state index is -4.08. The van der Waals surface area contributed by atoms with E-state index in [2.05, 4.69) is 4.72 Å². The average Bonchev–Trinajstić information content (AvgIpc) is 2.97. The van der Waals surface area contributed by atoms with E-state index in [0.717, 1.165) is 17.7 Å². The Hall–Kier alpha value is -2.71. The Morgan fingerprint density at radius 2 is 1.85 bits per heavy atom. The smallest absolute Gasteiger partial charge is 0.326 e. The fourth-order valence-corrected chi connectivity index (χ4v) is 5.01. The lowest BCUT2D eigenvalue weighted by molar-refractivity contribution is -0.139. The van der Waals surface area contributed by atoms with Gasteiger partial charge in [-0.2, -0.15) is 4.72 Å². The Morgan fingerprint density at radius 1 is 1.15 bits per heavy atom. The van der Waals surface area contributed by atoms with Crippen molar-refractivity contribution in [2.45, 2.75) is 30.2 Å². The van der Waals surface area contributed by atoms with Crippen molar-refractivity contribution in [1.82, 2.24) is 4.72 Å². The molecule has 1 atom stereocenters. The van der Waals surface area contributed by atoms with Gasteiger partial charge in [0.2, 0.25) is 15.9 Å². The van der Waals surface area contributed by atoms with Crippen molar-refractivity contribution in [3.8, 4) is 0 Å². The third-order valence-electron chi connectivity index (χ3n) is 4.94. The maximum Gasteiger partial charge on any atom is 0.326 e. The molecule has 0 radical (unpaired) electrons. The number of aryl methyl sites for hydroxylation is 1. The van der Waals surface area contributed by atoms with E-state index in [-0.39, 0.29) is 17.2 Å². The van der Waals surface area contributed by atoms with Gasteiger partial charge in [-0.3, -0.25) is 9.59 Å². The van der Waals surface area contributed by atoms with E-state index in [0.29, 0.717) is 24.1 Å². The Bertz CT molecular complexity index is 1030. The summed E-state index contributed by atoms with van der Waals surface area (Å²) in [7, 11) is -4.08. The molecular formula is C19H18N2O5S. The normalized spacial score (nSPS) is 16.9. The lowest BCUT2D eigenvalue weighted by atomic mass is 10.0. The highest BCUT2D eigenvalue weighted by Gasteiger charge is 2.35. The van der Waals surface area contributed by atoms with E-state index >= 15 is 0 Å². The SMILES string of the molecule is O=C(O)[C@H](NS(=O)(=O)c1cc2c3c(c1)CC(=O)N3CCC2)c1ccccc1. The van der Waals surface area contributed by atoms with E-state index in [4.69, 9.17) is 0 Å². The van der Waals surface area contributed by atoms with Crippen LogP contribution in [0, 0.1) is 0 Å². The standard InChI is InChI=1S/C19H18N2O5S/c22-16-11-14-10-15(9-13-7-4-8-21(16)18(13)14)27(25,26)20-17(19(23)24)12-5-2-1-3-6-12/h1-3,5-6,9-10,17,20H,4,7-8,11H2,(H,23,24)/t17-/m1/s1. The summed E-state index contributed by atoms with van der Waals surface area (Å²) in [4.78, 5) is 25.5. The summed E-state index contributed by atoms with van der Waals surface area (Å²) < 4.78 is 28.1. The molecule has 2 aliphatic rings. The van der Waals surface area contributed by atoms with Gasteiger partial charge in [0.15, 0.2) is 0 Å². The second-order valence-corrected chi connectivity index (χ2v) is 8.43. The van der Waals surface area contributed by atoms with Crippen LogP contribution in [-0.4, -0.2) is 31.9 Å². The zero-order valence-electron chi connectivity index (χ0n) is 14.4. The van der Waals surface area contributed by atoms with Crippen LogP contribution >= 0.6 is 0 Å². The average molecular weight is 386 g/mol. The molecule has 7 nitrogen and oxygen atoms in total. The van der Waals surface area contributed by atoms with Crippen LogP contribution in [0.2, 0.25) is 0 Å². The molecular weight excluding hydrogens is 368 g/mol. The molecule has 2 aromatic rings.